The molecule has 3 aromatic rings. The van der Waals surface area contributed by atoms with Gasteiger partial charge in [-0.2, -0.15) is 0 Å². The SMILES string of the molecule is Cc1ccc2nc(-c3ccc(F)cc3)cc(CO)c2c1. The van der Waals surface area contributed by atoms with Crippen molar-refractivity contribution >= 4 is 10.9 Å². The van der Waals surface area contributed by atoms with Crippen LogP contribution in [0.2, 0.25) is 0 Å². The Kier molecular flexibility index (Phi) is 3.20. The quantitative estimate of drug-likeness (QED) is 0.765. The molecule has 100 valence electrons. The highest BCUT2D eigenvalue weighted by atomic mass is 19.1. The van der Waals surface area contributed by atoms with E-state index in [1.54, 1.807) is 12.1 Å². The molecule has 3 rings (SSSR count). The first-order valence-electron chi connectivity index (χ1n) is 6.44. The van der Waals surface area contributed by atoms with E-state index in [1.165, 1.54) is 12.1 Å². The minimum Gasteiger partial charge on any atom is -0.392 e. The Morgan fingerprint density at radius 3 is 2.50 bits per heavy atom. The lowest BCUT2D eigenvalue weighted by atomic mass is 10.0. The van der Waals surface area contributed by atoms with E-state index < -0.39 is 0 Å². The van der Waals surface area contributed by atoms with E-state index >= 15 is 0 Å². The zero-order valence-corrected chi connectivity index (χ0v) is 11.1. The van der Waals surface area contributed by atoms with Gasteiger partial charge in [0.05, 0.1) is 17.8 Å². The van der Waals surface area contributed by atoms with Gasteiger partial charge in [-0.1, -0.05) is 11.6 Å². The fourth-order valence-corrected chi connectivity index (χ4v) is 2.31. The number of hydrogen-bond acceptors (Lipinski definition) is 2. The molecule has 0 aliphatic rings. The van der Waals surface area contributed by atoms with Crippen molar-refractivity contribution in [2.24, 2.45) is 0 Å². The monoisotopic (exact) mass is 267 g/mol. The molecule has 3 heteroatoms. The van der Waals surface area contributed by atoms with Crippen LogP contribution in [0.5, 0.6) is 0 Å². The number of aliphatic hydroxyl groups excluding tert-OH is 1. The lowest BCUT2D eigenvalue weighted by Crippen LogP contribution is -1.93. The van der Waals surface area contributed by atoms with Gasteiger partial charge in [0, 0.05) is 10.9 Å². The molecule has 0 fully saturated rings. The van der Waals surface area contributed by atoms with E-state index in [2.05, 4.69) is 4.98 Å². The van der Waals surface area contributed by atoms with Gasteiger partial charge in [0.15, 0.2) is 0 Å². The summed E-state index contributed by atoms with van der Waals surface area (Å²) in [6.07, 6.45) is 0. The van der Waals surface area contributed by atoms with E-state index in [9.17, 15) is 9.50 Å². The lowest BCUT2D eigenvalue weighted by molar-refractivity contribution is 0.283. The van der Waals surface area contributed by atoms with Crippen molar-refractivity contribution in [3.8, 4) is 11.3 Å². The van der Waals surface area contributed by atoms with Gasteiger partial charge in [0.2, 0.25) is 0 Å². The molecular formula is C17H14FNO. The molecule has 0 amide bonds. The van der Waals surface area contributed by atoms with Crippen molar-refractivity contribution in [1.82, 2.24) is 4.98 Å². The van der Waals surface area contributed by atoms with Crippen molar-refractivity contribution in [2.45, 2.75) is 13.5 Å². The van der Waals surface area contributed by atoms with Crippen LogP contribution < -0.4 is 0 Å². The minimum absolute atomic E-state index is 0.0450. The predicted molar refractivity (Wildman–Crippen MR) is 77.8 cm³/mol. The Bertz CT molecular complexity index is 766. The van der Waals surface area contributed by atoms with Crippen LogP contribution in [0.15, 0.2) is 48.5 Å². The third-order valence-electron chi connectivity index (χ3n) is 3.36. The molecule has 0 spiro atoms. The Morgan fingerprint density at radius 1 is 1.05 bits per heavy atom. The van der Waals surface area contributed by atoms with Crippen LogP contribution in [-0.4, -0.2) is 10.1 Å². The topological polar surface area (TPSA) is 33.1 Å². The number of fused-ring (bicyclic) bond motifs is 1. The van der Waals surface area contributed by atoms with Crippen LogP contribution in [0.1, 0.15) is 11.1 Å². The predicted octanol–water partition coefficient (Wildman–Crippen LogP) is 3.84. The van der Waals surface area contributed by atoms with Crippen molar-refractivity contribution in [2.75, 3.05) is 0 Å². The molecule has 1 N–H and O–H groups in total. The molecule has 0 radical (unpaired) electrons. The molecule has 0 aliphatic carbocycles. The van der Waals surface area contributed by atoms with Gasteiger partial charge in [-0.05, 0) is 55.0 Å². The van der Waals surface area contributed by atoms with Gasteiger partial charge < -0.3 is 5.11 Å². The largest absolute Gasteiger partial charge is 0.392 e. The van der Waals surface area contributed by atoms with Gasteiger partial charge >= 0.3 is 0 Å². The van der Waals surface area contributed by atoms with Crippen molar-refractivity contribution in [3.05, 3.63) is 65.5 Å². The third-order valence-corrected chi connectivity index (χ3v) is 3.36. The van der Waals surface area contributed by atoms with Crippen LogP contribution in [-0.2, 0) is 6.61 Å². The maximum Gasteiger partial charge on any atom is 0.123 e. The lowest BCUT2D eigenvalue weighted by Gasteiger charge is -2.09. The highest BCUT2D eigenvalue weighted by molar-refractivity contribution is 5.85. The maximum atomic E-state index is 13.0. The fourth-order valence-electron chi connectivity index (χ4n) is 2.31. The second-order valence-corrected chi connectivity index (χ2v) is 4.85. The molecule has 2 nitrogen and oxygen atoms in total. The number of aryl methyl sites for hydroxylation is 1. The average molecular weight is 267 g/mol. The van der Waals surface area contributed by atoms with E-state index in [0.29, 0.717) is 0 Å². The first-order valence-corrected chi connectivity index (χ1v) is 6.44. The second kappa shape index (κ2) is 5.02. The number of rotatable bonds is 2. The Balaban J connectivity index is 2.22. The van der Waals surface area contributed by atoms with Gasteiger partial charge in [0.25, 0.3) is 0 Å². The maximum absolute atomic E-state index is 13.0. The van der Waals surface area contributed by atoms with Crippen LogP contribution in [0.25, 0.3) is 22.2 Å². The number of halogens is 1. The van der Waals surface area contributed by atoms with E-state index in [1.807, 2.05) is 31.2 Å². The van der Waals surface area contributed by atoms with Crippen molar-refractivity contribution < 1.29 is 9.50 Å². The summed E-state index contributed by atoms with van der Waals surface area (Å²) in [5.74, 6) is -0.271. The molecular weight excluding hydrogens is 253 g/mol. The summed E-state index contributed by atoms with van der Waals surface area (Å²) in [7, 11) is 0. The first-order chi connectivity index (χ1) is 9.67. The Hall–Kier alpha value is -2.26. The van der Waals surface area contributed by atoms with Gasteiger partial charge in [-0.25, -0.2) is 9.37 Å². The molecule has 1 aromatic heterocycles. The second-order valence-electron chi connectivity index (χ2n) is 4.85. The Labute approximate surface area is 116 Å². The van der Waals surface area contributed by atoms with Gasteiger partial charge in [-0.3, -0.25) is 0 Å². The van der Waals surface area contributed by atoms with Crippen LogP contribution in [0.3, 0.4) is 0 Å². The molecule has 20 heavy (non-hydrogen) atoms. The highest BCUT2D eigenvalue weighted by Crippen LogP contribution is 2.25. The number of aliphatic hydroxyl groups is 1. The van der Waals surface area contributed by atoms with Gasteiger partial charge in [0.1, 0.15) is 5.82 Å². The Morgan fingerprint density at radius 2 is 1.80 bits per heavy atom. The summed E-state index contributed by atoms with van der Waals surface area (Å²) in [5, 5.41) is 10.5. The average Bonchev–Trinajstić information content (AvgIpc) is 2.47. The normalized spacial score (nSPS) is 10.9. The van der Waals surface area contributed by atoms with E-state index in [-0.39, 0.29) is 12.4 Å². The zero-order valence-electron chi connectivity index (χ0n) is 11.1. The van der Waals surface area contributed by atoms with Crippen LogP contribution >= 0.6 is 0 Å². The van der Waals surface area contributed by atoms with Crippen LogP contribution in [0.4, 0.5) is 4.39 Å². The first kappa shape index (κ1) is 12.8. The fraction of sp³-hybridized carbons (Fsp3) is 0.118. The summed E-state index contributed by atoms with van der Waals surface area (Å²) in [6.45, 7) is 1.96. The molecule has 1 heterocycles. The number of benzene rings is 2. The van der Waals surface area contributed by atoms with E-state index in [4.69, 9.17) is 0 Å². The summed E-state index contributed by atoms with van der Waals surface area (Å²) < 4.78 is 13.0. The summed E-state index contributed by atoms with van der Waals surface area (Å²) in [4.78, 5) is 4.59. The number of pyridine rings is 1. The van der Waals surface area contributed by atoms with Crippen molar-refractivity contribution in [3.63, 3.8) is 0 Å². The summed E-state index contributed by atoms with van der Waals surface area (Å²) in [5.41, 5.74) is 4.37. The molecule has 0 aliphatic heterocycles. The minimum atomic E-state index is -0.271. The molecule has 0 saturated carbocycles. The van der Waals surface area contributed by atoms with Gasteiger partial charge in [-0.15, -0.1) is 0 Å². The highest BCUT2D eigenvalue weighted by Gasteiger charge is 2.07. The molecule has 2 aromatic carbocycles. The van der Waals surface area contributed by atoms with Crippen LogP contribution in [0, 0.1) is 12.7 Å². The summed E-state index contributed by atoms with van der Waals surface area (Å²) in [6, 6.07) is 14.0. The number of hydrogen-bond donors (Lipinski definition) is 1. The molecule has 0 atom stereocenters. The zero-order chi connectivity index (χ0) is 14.1. The summed E-state index contributed by atoms with van der Waals surface area (Å²) >= 11 is 0. The number of aromatic nitrogens is 1. The van der Waals surface area contributed by atoms with Crippen molar-refractivity contribution in [1.29, 1.82) is 0 Å². The standard InChI is InChI=1S/C17H14FNO/c1-11-2-7-16-15(8-11)13(10-20)9-17(19-16)12-3-5-14(18)6-4-12/h2-9,20H,10H2,1H3. The van der Waals surface area contributed by atoms with E-state index in [0.717, 1.165) is 33.3 Å². The molecule has 0 unspecified atom stereocenters. The third kappa shape index (κ3) is 2.28. The smallest absolute Gasteiger partial charge is 0.123 e. The molecule has 0 bridgehead atoms. The molecule has 0 saturated heterocycles. The number of nitrogens with zero attached hydrogens (tertiary/aromatic N) is 1.